The van der Waals surface area contributed by atoms with Crippen LogP contribution in [0.25, 0.3) is 5.78 Å². The zero-order valence-electron chi connectivity index (χ0n) is 14.9. The van der Waals surface area contributed by atoms with Gasteiger partial charge in [0.1, 0.15) is 0 Å². The number of aryl methyl sites for hydroxylation is 2. The standard InChI is InChI=1S/C17H22F3N5O/c1-10-13(8-9-14(26)22-12-6-4-3-5-7-12)11(2)25-16(21-10)23-15(24-25)17(18,19)20/h12H,3-9H2,1-2H3,(H,22,26). The zero-order valence-corrected chi connectivity index (χ0v) is 14.9. The van der Waals surface area contributed by atoms with E-state index in [0.29, 0.717) is 17.8 Å². The highest BCUT2D eigenvalue weighted by molar-refractivity contribution is 5.76. The summed E-state index contributed by atoms with van der Waals surface area (Å²) in [6.07, 6.45) is 1.57. The van der Waals surface area contributed by atoms with Crippen molar-refractivity contribution in [3.63, 3.8) is 0 Å². The van der Waals surface area contributed by atoms with Crippen LogP contribution in [0.3, 0.4) is 0 Å². The van der Waals surface area contributed by atoms with Gasteiger partial charge in [-0.25, -0.2) is 9.50 Å². The van der Waals surface area contributed by atoms with Crippen molar-refractivity contribution in [1.82, 2.24) is 24.9 Å². The molecule has 1 aliphatic rings. The van der Waals surface area contributed by atoms with Gasteiger partial charge in [-0.3, -0.25) is 4.79 Å². The van der Waals surface area contributed by atoms with E-state index in [9.17, 15) is 18.0 Å². The lowest BCUT2D eigenvalue weighted by Gasteiger charge is -2.22. The molecule has 6 nitrogen and oxygen atoms in total. The summed E-state index contributed by atoms with van der Waals surface area (Å²) in [6.45, 7) is 3.38. The molecule has 0 saturated heterocycles. The highest BCUT2D eigenvalue weighted by Crippen LogP contribution is 2.27. The van der Waals surface area contributed by atoms with Crippen LogP contribution < -0.4 is 5.32 Å². The molecule has 0 atom stereocenters. The van der Waals surface area contributed by atoms with Crippen LogP contribution in [0.4, 0.5) is 13.2 Å². The largest absolute Gasteiger partial charge is 0.453 e. The highest BCUT2D eigenvalue weighted by atomic mass is 19.4. The molecular formula is C17H22F3N5O. The number of amides is 1. The quantitative estimate of drug-likeness (QED) is 0.899. The molecule has 26 heavy (non-hydrogen) atoms. The van der Waals surface area contributed by atoms with Crippen LogP contribution in [0.1, 0.15) is 61.3 Å². The lowest BCUT2D eigenvalue weighted by Crippen LogP contribution is -2.36. The smallest absolute Gasteiger partial charge is 0.353 e. The molecule has 1 aliphatic carbocycles. The number of hydrogen-bond donors (Lipinski definition) is 1. The normalized spacial score (nSPS) is 16.2. The van der Waals surface area contributed by atoms with E-state index in [2.05, 4.69) is 20.4 Å². The van der Waals surface area contributed by atoms with Crippen LogP contribution in [-0.2, 0) is 17.4 Å². The van der Waals surface area contributed by atoms with E-state index in [4.69, 9.17) is 0 Å². The van der Waals surface area contributed by atoms with E-state index in [0.717, 1.165) is 35.8 Å². The summed E-state index contributed by atoms with van der Waals surface area (Å²) < 4.78 is 39.6. The molecule has 9 heteroatoms. The third-order valence-corrected chi connectivity index (χ3v) is 4.87. The number of nitrogens with one attached hydrogen (secondary N) is 1. The second kappa shape index (κ2) is 7.20. The predicted octanol–water partition coefficient (Wildman–Crippen LogP) is 3.14. The molecule has 0 unspecified atom stereocenters. The Balaban J connectivity index is 1.74. The third-order valence-electron chi connectivity index (χ3n) is 4.87. The summed E-state index contributed by atoms with van der Waals surface area (Å²) in [7, 11) is 0. The van der Waals surface area contributed by atoms with Gasteiger partial charge in [-0.1, -0.05) is 19.3 Å². The zero-order chi connectivity index (χ0) is 18.9. The fourth-order valence-corrected chi connectivity index (χ4v) is 3.48. The van der Waals surface area contributed by atoms with E-state index < -0.39 is 12.0 Å². The fourth-order valence-electron chi connectivity index (χ4n) is 3.48. The molecule has 0 radical (unpaired) electrons. The van der Waals surface area contributed by atoms with Gasteiger partial charge in [-0.2, -0.15) is 18.2 Å². The fraction of sp³-hybridized carbons (Fsp3) is 0.647. The lowest BCUT2D eigenvalue weighted by molar-refractivity contribution is -0.144. The van der Waals surface area contributed by atoms with Crippen LogP contribution in [0.5, 0.6) is 0 Å². The van der Waals surface area contributed by atoms with Gasteiger partial charge >= 0.3 is 6.18 Å². The van der Waals surface area contributed by atoms with Crippen LogP contribution in [-0.4, -0.2) is 31.5 Å². The summed E-state index contributed by atoms with van der Waals surface area (Å²) in [6, 6.07) is 0.240. The summed E-state index contributed by atoms with van der Waals surface area (Å²) in [5.74, 6) is -1.33. The molecule has 0 spiro atoms. The maximum absolute atomic E-state index is 12.8. The van der Waals surface area contributed by atoms with E-state index in [1.165, 1.54) is 6.42 Å². The Bertz CT molecular complexity index is 809. The Morgan fingerprint density at radius 1 is 1.19 bits per heavy atom. The van der Waals surface area contributed by atoms with Crippen LogP contribution in [0.2, 0.25) is 0 Å². The first kappa shape index (κ1) is 18.6. The summed E-state index contributed by atoms with van der Waals surface area (Å²) in [5, 5.41) is 6.57. The van der Waals surface area contributed by atoms with Crippen molar-refractivity contribution >= 4 is 11.7 Å². The third kappa shape index (κ3) is 3.96. The van der Waals surface area contributed by atoms with Crippen molar-refractivity contribution in [2.45, 2.75) is 71.0 Å². The van der Waals surface area contributed by atoms with Gasteiger partial charge in [0.25, 0.3) is 11.6 Å². The number of carbonyl (C=O) groups excluding carboxylic acids is 1. The van der Waals surface area contributed by atoms with E-state index in [-0.39, 0.29) is 24.1 Å². The molecule has 1 fully saturated rings. The van der Waals surface area contributed by atoms with Crippen molar-refractivity contribution in [3.05, 3.63) is 22.8 Å². The van der Waals surface area contributed by atoms with Gasteiger partial charge < -0.3 is 5.32 Å². The summed E-state index contributed by atoms with van der Waals surface area (Å²) >= 11 is 0. The van der Waals surface area contributed by atoms with Crippen molar-refractivity contribution in [3.8, 4) is 0 Å². The lowest BCUT2D eigenvalue weighted by atomic mass is 9.95. The van der Waals surface area contributed by atoms with Crippen LogP contribution in [0, 0.1) is 13.8 Å². The molecule has 0 bridgehead atoms. The summed E-state index contributed by atoms with van der Waals surface area (Å²) in [5.41, 5.74) is 1.83. The predicted molar refractivity (Wildman–Crippen MR) is 88.6 cm³/mol. The number of alkyl halides is 3. The van der Waals surface area contributed by atoms with Gasteiger partial charge in [0.15, 0.2) is 0 Å². The average Bonchev–Trinajstić information content (AvgIpc) is 3.00. The first-order chi connectivity index (χ1) is 12.3. The maximum atomic E-state index is 12.8. The number of halogens is 3. The monoisotopic (exact) mass is 369 g/mol. The van der Waals surface area contributed by atoms with Crippen LogP contribution in [0.15, 0.2) is 0 Å². The molecule has 2 heterocycles. The highest BCUT2D eigenvalue weighted by Gasteiger charge is 2.37. The van der Waals surface area contributed by atoms with Crippen molar-refractivity contribution < 1.29 is 18.0 Å². The second-order valence-corrected chi connectivity index (χ2v) is 6.81. The number of hydrogen-bond acceptors (Lipinski definition) is 4. The molecule has 1 N–H and O–H groups in total. The minimum atomic E-state index is -4.62. The number of fused-ring (bicyclic) bond motifs is 1. The molecule has 1 amide bonds. The molecule has 0 aliphatic heterocycles. The summed E-state index contributed by atoms with van der Waals surface area (Å²) in [4.78, 5) is 19.8. The van der Waals surface area contributed by atoms with Gasteiger partial charge in [0, 0.05) is 23.9 Å². The van der Waals surface area contributed by atoms with Gasteiger partial charge in [-0.05, 0) is 38.7 Å². The Labute approximate surface area is 149 Å². The second-order valence-electron chi connectivity index (χ2n) is 6.81. The van der Waals surface area contributed by atoms with E-state index in [1.807, 2.05) is 0 Å². The first-order valence-electron chi connectivity index (χ1n) is 8.85. The van der Waals surface area contributed by atoms with Gasteiger partial charge in [-0.15, -0.1) is 5.10 Å². The van der Waals surface area contributed by atoms with Crippen molar-refractivity contribution in [2.75, 3.05) is 0 Å². The van der Waals surface area contributed by atoms with Crippen molar-refractivity contribution in [1.29, 1.82) is 0 Å². The van der Waals surface area contributed by atoms with Gasteiger partial charge in [0.05, 0.1) is 0 Å². The number of aromatic nitrogens is 4. The number of rotatable bonds is 4. The molecule has 3 rings (SSSR count). The SMILES string of the molecule is Cc1nc2nc(C(F)(F)F)nn2c(C)c1CCC(=O)NC1CCCCC1. The average molecular weight is 369 g/mol. The molecule has 2 aromatic heterocycles. The first-order valence-corrected chi connectivity index (χ1v) is 8.85. The topological polar surface area (TPSA) is 72.2 Å². The molecule has 0 aromatic carbocycles. The van der Waals surface area contributed by atoms with E-state index in [1.54, 1.807) is 13.8 Å². The van der Waals surface area contributed by atoms with Gasteiger partial charge in [0.2, 0.25) is 5.91 Å². The number of nitrogens with zero attached hydrogens (tertiary/aromatic N) is 4. The molecular weight excluding hydrogens is 347 g/mol. The number of carbonyl (C=O) groups is 1. The molecule has 2 aromatic rings. The van der Waals surface area contributed by atoms with E-state index >= 15 is 0 Å². The Hall–Kier alpha value is -2.19. The Morgan fingerprint density at radius 3 is 2.54 bits per heavy atom. The maximum Gasteiger partial charge on any atom is 0.453 e. The minimum Gasteiger partial charge on any atom is -0.353 e. The minimum absolute atomic E-state index is 0.0367. The molecule has 1 saturated carbocycles. The Morgan fingerprint density at radius 2 is 1.88 bits per heavy atom. The Kier molecular flexibility index (Phi) is 5.15. The van der Waals surface area contributed by atoms with Crippen molar-refractivity contribution in [2.24, 2.45) is 0 Å². The molecule has 142 valence electrons. The van der Waals surface area contributed by atoms with Crippen LogP contribution >= 0.6 is 0 Å².